The number of carbonyl (C=O) groups excluding carboxylic acids is 1. The Balaban J connectivity index is 0. The smallest absolute Gasteiger partial charge is 0.133 e. The van der Waals surface area contributed by atoms with Crippen LogP contribution in [0.1, 0.15) is 27.2 Å². The minimum absolute atomic E-state index is 0.176. The van der Waals surface area contributed by atoms with E-state index in [4.69, 9.17) is 0 Å². The topological polar surface area (TPSA) is 20.3 Å². The maximum absolute atomic E-state index is 10.6. The highest BCUT2D eigenvalue weighted by molar-refractivity contribution is 5.77. The van der Waals surface area contributed by atoms with Gasteiger partial charge in [0.25, 0.3) is 0 Å². The number of likely N-dealkylation sites (N-methyl/N-ethyl adjacent to an activating group) is 1. The van der Waals surface area contributed by atoms with Crippen molar-refractivity contribution in [1.29, 1.82) is 0 Å². The normalized spacial score (nSPS) is 10.6. The van der Waals surface area contributed by atoms with Crippen LogP contribution in [-0.2, 0) is 4.79 Å². The molecule has 2 nitrogen and oxygen atoms in total. The van der Waals surface area contributed by atoms with E-state index in [0.717, 1.165) is 5.70 Å². The summed E-state index contributed by atoms with van der Waals surface area (Å²) < 4.78 is 0. The van der Waals surface area contributed by atoms with Gasteiger partial charge in [-0.25, -0.2) is 0 Å². The molecule has 0 aliphatic rings. The Kier molecular flexibility index (Phi) is 11.6. The predicted molar refractivity (Wildman–Crippen MR) is 67.8 cm³/mol. The first-order valence-electron chi connectivity index (χ1n) is 5.24. The number of allylic oxidation sites excluding steroid dienone is 4. The zero-order valence-corrected chi connectivity index (χ0v) is 10.6. The molecular weight excluding hydrogens is 186 g/mol. The third-order valence-corrected chi connectivity index (χ3v) is 1.53. The first kappa shape index (κ1) is 16.1. The van der Waals surface area contributed by atoms with Gasteiger partial charge in [-0.1, -0.05) is 32.6 Å². The van der Waals surface area contributed by atoms with E-state index in [-0.39, 0.29) is 5.78 Å². The summed E-state index contributed by atoms with van der Waals surface area (Å²) in [7, 11) is 3.90. The molecule has 0 atom stereocenters. The molecule has 2 heteroatoms. The van der Waals surface area contributed by atoms with Crippen molar-refractivity contribution in [3.05, 3.63) is 36.6 Å². The lowest BCUT2D eigenvalue weighted by Gasteiger charge is -2.11. The van der Waals surface area contributed by atoms with Gasteiger partial charge in [-0.3, -0.25) is 4.79 Å². The summed E-state index contributed by atoms with van der Waals surface area (Å²) in [5.41, 5.74) is 1.03. The van der Waals surface area contributed by atoms with Crippen molar-refractivity contribution in [1.82, 2.24) is 4.90 Å². The van der Waals surface area contributed by atoms with Gasteiger partial charge in [-0.15, -0.1) is 0 Å². The van der Waals surface area contributed by atoms with Crippen molar-refractivity contribution in [3.63, 3.8) is 0 Å². The zero-order valence-electron chi connectivity index (χ0n) is 10.6. The number of hydrogen-bond acceptors (Lipinski definition) is 2. The van der Waals surface area contributed by atoms with Gasteiger partial charge in [0, 0.05) is 26.2 Å². The van der Waals surface area contributed by atoms with Crippen LogP contribution in [0.5, 0.6) is 0 Å². The fourth-order valence-corrected chi connectivity index (χ4v) is 0.800. The summed E-state index contributed by atoms with van der Waals surface area (Å²) in [5.74, 6) is 0.176. The minimum atomic E-state index is 0.176. The molecule has 0 aromatic heterocycles. The molecule has 0 unspecified atom stereocenters. The predicted octanol–water partition coefficient (Wildman–Crippen LogP) is 3.18. The number of nitrogens with zero attached hydrogens (tertiary/aromatic N) is 1. The van der Waals surface area contributed by atoms with Gasteiger partial charge in [0.15, 0.2) is 0 Å². The Morgan fingerprint density at radius 1 is 1.33 bits per heavy atom. The molecule has 0 rings (SSSR count). The second-order valence-corrected chi connectivity index (χ2v) is 3.02. The lowest BCUT2D eigenvalue weighted by atomic mass is 10.2. The number of carbonyl (C=O) groups is 1. The van der Waals surface area contributed by atoms with E-state index in [1.165, 1.54) is 0 Å². The van der Waals surface area contributed by atoms with E-state index in [1.54, 1.807) is 13.0 Å². The van der Waals surface area contributed by atoms with E-state index >= 15 is 0 Å². The summed E-state index contributed by atoms with van der Waals surface area (Å²) in [6.07, 6.45) is 7.91. The average Bonchev–Trinajstić information content (AvgIpc) is 2.20. The van der Waals surface area contributed by atoms with Crippen LogP contribution in [-0.4, -0.2) is 24.8 Å². The lowest BCUT2D eigenvalue weighted by molar-refractivity contribution is -0.116. The molecule has 0 saturated heterocycles. The Bertz CT molecular complexity index is 237. The molecular formula is C13H23NO. The highest BCUT2D eigenvalue weighted by atomic mass is 16.1. The van der Waals surface area contributed by atoms with Crippen LogP contribution in [0.4, 0.5) is 0 Å². The van der Waals surface area contributed by atoms with Gasteiger partial charge in [0.05, 0.1) is 0 Å². The number of rotatable bonds is 5. The van der Waals surface area contributed by atoms with Gasteiger partial charge < -0.3 is 4.90 Å². The standard InChI is InChI=1S/C11H17NO.C2H6/c1-5-11(12(3)4)9-7-6-8-10(2)13;1-2/h5-7,9H,1,8H2,2-4H3;1-2H3/b7-6+,11-9+;. The first-order valence-corrected chi connectivity index (χ1v) is 5.24. The van der Waals surface area contributed by atoms with E-state index in [9.17, 15) is 4.79 Å². The molecule has 0 amide bonds. The van der Waals surface area contributed by atoms with Crippen molar-refractivity contribution in [2.45, 2.75) is 27.2 Å². The third kappa shape index (κ3) is 10.6. The summed E-state index contributed by atoms with van der Waals surface area (Å²) in [6, 6.07) is 0. The summed E-state index contributed by atoms with van der Waals surface area (Å²) >= 11 is 0. The first-order chi connectivity index (χ1) is 7.07. The second-order valence-electron chi connectivity index (χ2n) is 3.02. The third-order valence-electron chi connectivity index (χ3n) is 1.53. The summed E-state index contributed by atoms with van der Waals surface area (Å²) in [4.78, 5) is 12.6. The number of hydrogen-bond donors (Lipinski definition) is 0. The van der Waals surface area contributed by atoms with Crippen molar-refractivity contribution in [2.24, 2.45) is 0 Å². The van der Waals surface area contributed by atoms with Crippen molar-refractivity contribution >= 4 is 5.78 Å². The number of Topliss-reactive ketones (excluding diaryl/α,β-unsaturated/α-hetero) is 1. The molecule has 15 heavy (non-hydrogen) atoms. The Labute approximate surface area is 94.0 Å². The minimum Gasteiger partial charge on any atom is -0.378 e. The van der Waals surface area contributed by atoms with Crippen molar-refractivity contribution in [2.75, 3.05) is 14.1 Å². The Morgan fingerprint density at radius 3 is 2.20 bits per heavy atom. The molecule has 0 bridgehead atoms. The van der Waals surface area contributed by atoms with Crippen molar-refractivity contribution < 1.29 is 4.79 Å². The molecule has 0 heterocycles. The molecule has 0 aromatic rings. The highest BCUT2D eigenvalue weighted by Gasteiger charge is 1.90. The van der Waals surface area contributed by atoms with Gasteiger partial charge in [-0.2, -0.15) is 0 Å². The van der Waals surface area contributed by atoms with Crippen LogP contribution in [0.25, 0.3) is 0 Å². The van der Waals surface area contributed by atoms with Crippen LogP contribution in [0.3, 0.4) is 0 Å². The van der Waals surface area contributed by atoms with E-state index < -0.39 is 0 Å². The maximum Gasteiger partial charge on any atom is 0.133 e. The van der Waals surface area contributed by atoms with Crippen LogP contribution in [0, 0.1) is 0 Å². The highest BCUT2D eigenvalue weighted by Crippen LogP contribution is 1.99. The molecule has 0 aliphatic carbocycles. The molecule has 0 aromatic carbocycles. The fraction of sp³-hybridized carbons (Fsp3) is 0.462. The Morgan fingerprint density at radius 2 is 1.87 bits per heavy atom. The SMILES string of the molecule is C=C/C(=C\C=C\CC(C)=O)N(C)C.CC. The van der Waals surface area contributed by atoms with Crippen LogP contribution < -0.4 is 0 Å². The van der Waals surface area contributed by atoms with Gasteiger partial charge >= 0.3 is 0 Å². The molecule has 86 valence electrons. The lowest BCUT2D eigenvalue weighted by Crippen LogP contribution is -2.08. The molecule has 0 fully saturated rings. The quantitative estimate of drug-likeness (QED) is 0.648. The van der Waals surface area contributed by atoms with Gasteiger partial charge in [-0.05, 0) is 19.1 Å². The molecule has 0 radical (unpaired) electrons. The molecule has 0 spiro atoms. The van der Waals surface area contributed by atoms with Gasteiger partial charge in [0.1, 0.15) is 5.78 Å². The van der Waals surface area contributed by atoms with E-state index in [1.807, 2.05) is 51.1 Å². The van der Waals surface area contributed by atoms with Crippen LogP contribution in [0.2, 0.25) is 0 Å². The van der Waals surface area contributed by atoms with E-state index in [0.29, 0.717) is 6.42 Å². The van der Waals surface area contributed by atoms with Crippen LogP contribution in [0.15, 0.2) is 36.6 Å². The molecule has 0 saturated carbocycles. The largest absolute Gasteiger partial charge is 0.378 e. The monoisotopic (exact) mass is 209 g/mol. The maximum atomic E-state index is 10.6. The fourth-order valence-electron chi connectivity index (χ4n) is 0.800. The van der Waals surface area contributed by atoms with Crippen molar-refractivity contribution in [3.8, 4) is 0 Å². The second kappa shape index (κ2) is 10.8. The van der Waals surface area contributed by atoms with E-state index in [2.05, 4.69) is 6.58 Å². The zero-order chi connectivity index (χ0) is 12.3. The summed E-state index contributed by atoms with van der Waals surface area (Å²) in [5, 5.41) is 0. The molecule has 0 N–H and O–H groups in total. The Hall–Kier alpha value is -1.31. The number of ketones is 1. The van der Waals surface area contributed by atoms with Crippen LogP contribution >= 0.6 is 0 Å². The molecule has 0 aliphatic heterocycles. The average molecular weight is 209 g/mol. The summed E-state index contributed by atoms with van der Waals surface area (Å²) in [6.45, 7) is 9.26. The van der Waals surface area contributed by atoms with Gasteiger partial charge in [0.2, 0.25) is 0 Å².